The van der Waals surface area contributed by atoms with Gasteiger partial charge in [-0.3, -0.25) is 0 Å². The first-order chi connectivity index (χ1) is 15.3. The first kappa shape index (κ1) is 23.2. The summed E-state index contributed by atoms with van der Waals surface area (Å²) in [5.74, 6) is -2.97. The minimum absolute atomic E-state index is 0.0145. The number of rotatable bonds is 8. The number of benzene rings is 3. The van der Waals surface area contributed by atoms with E-state index in [1.807, 2.05) is 0 Å². The molecular weight excluding hydrogens is 421 g/mol. The molecule has 0 bridgehead atoms. The third-order valence-corrected chi connectivity index (χ3v) is 4.98. The van der Waals surface area contributed by atoms with Crippen molar-refractivity contribution in [3.8, 4) is 22.6 Å². The lowest BCUT2D eigenvalue weighted by Crippen LogP contribution is -2.15. The van der Waals surface area contributed by atoms with Crippen molar-refractivity contribution in [1.29, 1.82) is 0 Å². The van der Waals surface area contributed by atoms with Gasteiger partial charge in [-0.2, -0.15) is 0 Å². The number of carbonyl (C=O) groups is 1. The molecule has 1 N–H and O–H groups in total. The molecule has 4 nitrogen and oxygen atoms in total. The molecule has 3 aromatic carbocycles. The van der Waals surface area contributed by atoms with Gasteiger partial charge in [0.2, 0.25) is 0 Å². The average molecular weight is 444 g/mol. The van der Waals surface area contributed by atoms with Crippen LogP contribution in [0.2, 0.25) is 0 Å². The lowest BCUT2D eigenvalue weighted by molar-refractivity contribution is -0.145. The van der Waals surface area contributed by atoms with Gasteiger partial charge in [0.05, 0.1) is 6.61 Å². The van der Waals surface area contributed by atoms with E-state index in [1.54, 1.807) is 38.1 Å². The SMILES string of the molecule is CCOC(=O)COc1ccc(F)c(CCc2cc(-c3cccc(F)c3)cc(C)c2O)c1F. The van der Waals surface area contributed by atoms with Crippen molar-refractivity contribution in [2.75, 3.05) is 13.2 Å². The van der Waals surface area contributed by atoms with Crippen LogP contribution in [0.15, 0.2) is 48.5 Å². The summed E-state index contributed by atoms with van der Waals surface area (Å²) in [6.07, 6.45) is 0.0683. The van der Waals surface area contributed by atoms with Gasteiger partial charge >= 0.3 is 5.97 Å². The maximum absolute atomic E-state index is 14.8. The number of esters is 1. The van der Waals surface area contributed by atoms with Crippen molar-refractivity contribution < 1.29 is 32.5 Å². The molecule has 0 amide bonds. The number of ether oxygens (including phenoxy) is 2. The van der Waals surface area contributed by atoms with Crippen LogP contribution < -0.4 is 4.74 Å². The highest BCUT2D eigenvalue weighted by atomic mass is 19.1. The summed E-state index contributed by atoms with van der Waals surface area (Å²) >= 11 is 0. The Morgan fingerprint density at radius 1 is 1.00 bits per heavy atom. The predicted molar refractivity (Wildman–Crippen MR) is 114 cm³/mol. The molecule has 3 aromatic rings. The topological polar surface area (TPSA) is 55.8 Å². The van der Waals surface area contributed by atoms with Crippen LogP contribution in [0.4, 0.5) is 13.2 Å². The molecule has 0 spiro atoms. The van der Waals surface area contributed by atoms with E-state index in [2.05, 4.69) is 0 Å². The van der Waals surface area contributed by atoms with Crippen LogP contribution in [0, 0.1) is 24.4 Å². The number of aromatic hydroxyl groups is 1. The molecule has 0 aliphatic carbocycles. The summed E-state index contributed by atoms with van der Waals surface area (Å²) in [4.78, 5) is 11.4. The molecule has 0 radical (unpaired) electrons. The third kappa shape index (κ3) is 5.41. The third-order valence-electron chi connectivity index (χ3n) is 4.98. The fourth-order valence-electron chi connectivity index (χ4n) is 3.39. The van der Waals surface area contributed by atoms with Gasteiger partial charge in [0.25, 0.3) is 0 Å². The Hall–Kier alpha value is -3.48. The molecule has 0 heterocycles. The Labute approximate surface area is 184 Å². The van der Waals surface area contributed by atoms with E-state index in [9.17, 15) is 23.1 Å². The highest BCUT2D eigenvalue weighted by Crippen LogP contribution is 2.32. The number of carbonyl (C=O) groups excluding carboxylic acids is 1. The highest BCUT2D eigenvalue weighted by Gasteiger charge is 2.17. The van der Waals surface area contributed by atoms with Crippen LogP contribution >= 0.6 is 0 Å². The van der Waals surface area contributed by atoms with Gasteiger partial charge < -0.3 is 14.6 Å². The van der Waals surface area contributed by atoms with E-state index in [-0.39, 0.29) is 36.5 Å². The van der Waals surface area contributed by atoms with Crippen molar-refractivity contribution in [2.45, 2.75) is 26.7 Å². The van der Waals surface area contributed by atoms with Gasteiger partial charge in [-0.25, -0.2) is 18.0 Å². The van der Waals surface area contributed by atoms with Crippen LogP contribution in [-0.4, -0.2) is 24.3 Å². The molecule has 0 aromatic heterocycles. The van der Waals surface area contributed by atoms with Gasteiger partial charge in [-0.05, 0) is 85.3 Å². The Morgan fingerprint density at radius 2 is 1.78 bits per heavy atom. The Bertz CT molecular complexity index is 1130. The van der Waals surface area contributed by atoms with Crippen LogP contribution in [0.3, 0.4) is 0 Å². The molecule has 0 aliphatic rings. The zero-order valence-corrected chi connectivity index (χ0v) is 17.8. The van der Waals surface area contributed by atoms with Gasteiger partial charge in [0, 0.05) is 5.56 Å². The smallest absolute Gasteiger partial charge is 0.344 e. The van der Waals surface area contributed by atoms with Crippen molar-refractivity contribution in [1.82, 2.24) is 0 Å². The van der Waals surface area contributed by atoms with Crippen LogP contribution in [0.5, 0.6) is 11.5 Å². The van der Waals surface area contributed by atoms with Crippen molar-refractivity contribution in [3.63, 3.8) is 0 Å². The van der Waals surface area contributed by atoms with Gasteiger partial charge in [-0.1, -0.05) is 12.1 Å². The lowest BCUT2D eigenvalue weighted by Gasteiger charge is -2.13. The first-order valence-corrected chi connectivity index (χ1v) is 10.1. The monoisotopic (exact) mass is 444 g/mol. The summed E-state index contributed by atoms with van der Waals surface area (Å²) < 4.78 is 52.6. The number of phenolic OH excluding ortho intramolecular Hbond substituents is 1. The second-order valence-electron chi connectivity index (χ2n) is 7.24. The van der Waals surface area contributed by atoms with E-state index >= 15 is 0 Å². The summed E-state index contributed by atoms with van der Waals surface area (Å²) in [5, 5.41) is 10.5. The van der Waals surface area contributed by atoms with Crippen LogP contribution in [-0.2, 0) is 22.4 Å². The molecule has 7 heteroatoms. The largest absolute Gasteiger partial charge is 0.507 e. The Balaban J connectivity index is 1.83. The normalized spacial score (nSPS) is 10.8. The number of halogens is 3. The zero-order chi connectivity index (χ0) is 23.3. The van der Waals surface area contributed by atoms with Gasteiger partial charge in [0.1, 0.15) is 17.4 Å². The minimum Gasteiger partial charge on any atom is -0.507 e. The Morgan fingerprint density at radius 3 is 2.50 bits per heavy atom. The van der Waals surface area contributed by atoms with Gasteiger partial charge in [0.15, 0.2) is 18.2 Å². The van der Waals surface area contributed by atoms with Crippen molar-refractivity contribution in [3.05, 3.63) is 82.7 Å². The molecule has 0 aliphatic heterocycles. The van der Waals surface area contributed by atoms with E-state index in [0.29, 0.717) is 22.3 Å². The summed E-state index contributed by atoms with van der Waals surface area (Å²) in [5.41, 5.74) is 2.12. The molecular formula is C25H23F3O4. The summed E-state index contributed by atoms with van der Waals surface area (Å²) in [6, 6.07) is 11.6. The highest BCUT2D eigenvalue weighted by molar-refractivity contribution is 5.71. The maximum atomic E-state index is 14.8. The molecule has 0 atom stereocenters. The second kappa shape index (κ2) is 10.2. The lowest BCUT2D eigenvalue weighted by atomic mass is 9.95. The van der Waals surface area contributed by atoms with E-state index < -0.39 is 30.0 Å². The number of hydrogen-bond donors (Lipinski definition) is 1. The fourth-order valence-corrected chi connectivity index (χ4v) is 3.39. The van der Waals surface area contributed by atoms with E-state index in [0.717, 1.165) is 12.1 Å². The first-order valence-electron chi connectivity index (χ1n) is 10.1. The zero-order valence-electron chi connectivity index (χ0n) is 17.8. The van der Waals surface area contributed by atoms with Crippen LogP contribution in [0.25, 0.3) is 11.1 Å². The second-order valence-corrected chi connectivity index (χ2v) is 7.24. The van der Waals surface area contributed by atoms with E-state index in [1.165, 1.54) is 12.1 Å². The average Bonchev–Trinajstić information content (AvgIpc) is 2.76. The molecule has 0 fully saturated rings. The van der Waals surface area contributed by atoms with E-state index in [4.69, 9.17) is 9.47 Å². The molecule has 0 saturated carbocycles. The standard InChI is InChI=1S/C25H23F3O4/c1-3-31-23(29)14-32-22-10-9-21(27)20(24(22)28)8-7-17-12-18(11-15(2)25(17)30)16-5-4-6-19(26)13-16/h4-6,9-13,30H,3,7-8,14H2,1-2H3. The number of hydrogen-bond acceptors (Lipinski definition) is 4. The van der Waals surface area contributed by atoms with Crippen LogP contribution in [0.1, 0.15) is 23.6 Å². The minimum atomic E-state index is -0.910. The quantitative estimate of drug-likeness (QED) is 0.466. The molecule has 0 unspecified atom stereocenters. The number of aryl methyl sites for hydroxylation is 2. The van der Waals surface area contributed by atoms with Gasteiger partial charge in [-0.15, -0.1) is 0 Å². The molecule has 0 saturated heterocycles. The van der Waals surface area contributed by atoms with Crippen molar-refractivity contribution in [2.24, 2.45) is 0 Å². The number of phenols is 1. The fraction of sp³-hybridized carbons (Fsp3) is 0.240. The maximum Gasteiger partial charge on any atom is 0.344 e. The molecule has 32 heavy (non-hydrogen) atoms. The summed E-state index contributed by atoms with van der Waals surface area (Å²) in [6.45, 7) is 3.00. The summed E-state index contributed by atoms with van der Waals surface area (Å²) in [7, 11) is 0. The predicted octanol–water partition coefficient (Wildman–Crippen LogP) is 5.51. The Kier molecular flexibility index (Phi) is 7.41. The molecule has 3 rings (SSSR count). The molecule has 168 valence electrons. The van der Waals surface area contributed by atoms with Crippen molar-refractivity contribution >= 4 is 5.97 Å².